The van der Waals surface area contributed by atoms with Crippen LogP contribution in [0, 0.1) is 18.3 Å². The fraction of sp³-hybridized carbons (Fsp3) is 0.300. The van der Waals surface area contributed by atoms with Crippen LogP contribution in [0.3, 0.4) is 0 Å². The molecule has 1 N–H and O–H groups in total. The smallest absolute Gasteiger partial charge is 0.248 e. The van der Waals surface area contributed by atoms with Crippen molar-refractivity contribution in [1.82, 2.24) is 0 Å². The Hall–Kier alpha value is -1.06. The number of rotatable bonds is 3. The zero-order valence-electron chi connectivity index (χ0n) is 8.86. The Morgan fingerprint density at radius 2 is 2.12 bits per heavy atom. The zero-order valence-corrected chi connectivity index (χ0v) is 11.3. The van der Waals surface area contributed by atoms with Crippen molar-refractivity contribution < 1.29 is 8.42 Å². The largest absolute Gasteiger partial charge is 0.282 e. The molecule has 0 spiro atoms. The van der Waals surface area contributed by atoms with E-state index in [1.807, 2.05) is 6.07 Å². The van der Waals surface area contributed by atoms with Gasteiger partial charge in [-0.15, -0.1) is 0 Å². The van der Waals surface area contributed by atoms with Crippen molar-refractivity contribution in [3.05, 3.63) is 28.2 Å². The Morgan fingerprint density at radius 1 is 1.50 bits per heavy atom. The lowest BCUT2D eigenvalue weighted by Crippen LogP contribution is -2.24. The molecule has 0 saturated carbocycles. The Balaban J connectivity index is 3.07. The second kappa shape index (κ2) is 4.85. The first-order valence-electron chi connectivity index (χ1n) is 4.54. The average Bonchev–Trinajstić information content (AvgIpc) is 2.22. The highest BCUT2D eigenvalue weighted by Gasteiger charge is 2.20. The highest BCUT2D eigenvalue weighted by atomic mass is 79.9. The second-order valence-corrected chi connectivity index (χ2v) is 6.29. The second-order valence-electron chi connectivity index (χ2n) is 3.38. The standard InChI is InChI=1S/C10H11BrN2O2S/c1-7-3-4-9(11)5-10(7)13-16(14,15)8(2)6-12/h3-5,8,13H,1-2H3. The van der Waals surface area contributed by atoms with Gasteiger partial charge in [0.1, 0.15) is 0 Å². The molecule has 1 aromatic carbocycles. The number of nitrogens with one attached hydrogen (secondary N) is 1. The van der Waals surface area contributed by atoms with E-state index in [1.54, 1.807) is 25.1 Å². The van der Waals surface area contributed by atoms with Crippen LogP contribution in [0.5, 0.6) is 0 Å². The van der Waals surface area contributed by atoms with Gasteiger partial charge in [0.05, 0.1) is 11.8 Å². The van der Waals surface area contributed by atoms with Crippen molar-refractivity contribution in [3.63, 3.8) is 0 Å². The van der Waals surface area contributed by atoms with E-state index >= 15 is 0 Å². The third-order valence-corrected chi connectivity index (χ3v) is 4.13. The first-order chi connectivity index (χ1) is 7.36. The van der Waals surface area contributed by atoms with Crippen molar-refractivity contribution in [2.45, 2.75) is 19.1 Å². The minimum absolute atomic E-state index is 0.483. The van der Waals surface area contributed by atoms with Gasteiger partial charge in [0.15, 0.2) is 5.25 Å². The van der Waals surface area contributed by atoms with Crippen LogP contribution in [0.1, 0.15) is 12.5 Å². The van der Waals surface area contributed by atoms with E-state index in [0.29, 0.717) is 5.69 Å². The van der Waals surface area contributed by atoms with Gasteiger partial charge in [-0.3, -0.25) is 4.72 Å². The molecule has 86 valence electrons. The summed E-state index contributed by atoms with van der Waals surface area (Å²) in [6, 6.07) is 6.97. The Morgan fingerprint density at radius 3 is 2.69 bits per heavy atom. The fourth-order valence-corrected chi connectivity index (χ4v) is 2.22. The Kier molecular flexibility index (Phi) is 3.94. The van der Waals surface area contributed by atoms with Gasteiger partial charge in [-0.25, -0.2) is 8.42 Å². The average molecular weight is 303 g/mol. The molecule has 0 aliphatic rings. The molecule has 0 amide bonds. The van der Waals surface area contributed by atoms with Crippen LogP contribution >= 0.6 is 15.9 Å². The number of anilines is 1. The van der Waals surface area contributed by atoms with E-state index < -0.39 is 15.3 Å². The number of sulfonamides is 1. The predicted molar refractivity (Wildman–Crippen MR) is 66.5 cm³/mol. The van der Waals surface area contributed by atoms with E-state index in [2.05, 4.69) is 20.7 Å². The molecule has 4 nitrogen and oxygen atoms in total. The number of nitrogens with zero attached hydrogens (tertiary/aromatic N) is 1. The van der Waals surface area contributed by atoms with Gasteiger partial charge in [-0.05, 0) is 31.5 Å². The fourth-order valence-electron chi connectivity index (χ4n) is 1.02. The van der Waals surface area contributed by atoms with Crippen molar-refractivity contribution in [2.24, 2.45) is 0 Å². The van der Waals surface area contributed by atoms with Gasteiger partial charge in [0.2, 0.25) is 10.0 Å². The van der Waals surface area contributed by atoms with Crippen molar-refractivity contribution in [3.8, 4) is 6.07 Å². The van der Waals surface area contributed by atoms with Gasteiger partial charge in [0, 0.05) is 4.47 Å². The summed E-state index contributed by atoms with van der Waals surface area (Å²) in [6.45, 7) is 3.14. The summed E-state index contributed by atoms with van der Waals surface area (Å²) in [5.41, 5.74) is 1.29. The number of hydrogen-bond acceptors (Lipinski definition) is 3. The zero-order chi connectivity index (χ0) is 12.3. The molecule has 0 aliphatic carbocycles. The lowest BCUT2D eigenvalue weighted by atomic mass is 10.2. The number of hydrogen-bond donors (Lipinski definition) is 1. The lowest BCUT2D eigenvalue weighted by Gasteiger charge is -2.11. The van der Waals surface area contributed by atoms with Gasteiger partial charge in [-0.1, -0.05) is 22.0 Å². The maximum Gasteiger partial charge on any atom is 0.248 e. The van der Waals surface area contributed by atoms with Crippen LogP contribution in [-0.2, 0) is 10.0 Å². The maximum absolute atomic E-state index is 11.6. The maximum atomic E-state index is 11.6. The number of halogens is 1. The van der Waals surface area contributed by atoms with Crippen molar-refractivity contribution in [2.75, 3.05) is 4.72 Å². The monoisotopic (exact) mass is 302 g/mol. The molecule has 0 aliphatic heterocycles. The third-order valence-electron chi connectivity index (χ3n) is 2.10. The SMILES string of the molecule is Cc1ccc(Br)cc1NS(=O)(=O)C(C)C#N. The van der Waals surface area contributed by atoms with E-state index in [4.69, 9.17) is 5.26 Å². The molecule has 1 aromatic rings. The molecular weight excluding hydrogens is 292 g/mol. The highest BCUT2D eigenvalue weighted by molar-refractivity contribution is 9.10. The number of nitriles is 1. The molecule has 6 heteroatoms. The summed E-state index contributed by atoms with van der Waals surface area (Å²) >= 11 is 3.26. The minimum atomic E-state index is -3.63. The minimum Gasteiger partial charge on any atom is -0.282 e. The van der Waals surface area contributed by atoms with Gasteiger partial charge >= 0.3 is 0 Å². The summed E-state index contributed by atoms with van der Waals surface area (Å²) in [7, 11) is -3.63. The summed E-state index contributed by atoms with van der Waals surface area (Å²) in [5.74, 6) is 0. The molecule has 0 bridgehead atoms. The highest BCUT2D eigenvalue weighted by Crippen LogP contribution is 2.22. The molecule has 0 aromatic heterocycles. The normalized spacial score (nSPS) is 12.9. The van der Waals surface area contributed by atoms with Crippen LogP contribution in [0.25, 0.3) is 0 Å². The first-order valence-corrected chi connectivity index (χ1v) is 6.88. The molecule has 0 heterocycles. The lowest BCUT2D eigenvalue weighted by molar-refractivity contribution is 0.597. The molecular formula is C10H11BrN2O2S. The predicted octanol–water partition coefficient (Wildman–Crippen LogP) is 2.41. The number of aryl methyl sites for hydroxylation is 1. The molecule has 16 heavy (non-hydrogen) atoms. The Bertz CT molecular complexity index is 534. The van der Waals surface area contributed by atoms with Crippen LogP contribution in [0.2, 0.25) is 0 Å². The molecule has 0 fully saturated rings. The summed E-state index contributed by atoms with van der Waals surface area (Å²) in [4.78, 5) is 0. The molecule has 1 rings (SSSR count). The van der Waals surface area contributed by atoms with Gasteiger partial charge in [-0.2, -0.15) is 5.26 Å². The van der Waals surface area contributed by atoms with Crippen LogP contribution in [-0.4, -0.2) is 13.7 Å². The van der Waals surface area contributed by atoms with Crippen LogP contribution < -0.4 is 4.72 Å². The van der Waals surface area contributed by atoms with Crippen LogP contribution in [0.4, 0.5) is 5.69 Å². The molecule has 0 radical (unpaired) electrons. The summed E-state index contributed by atoms with van der Waals surface area (Å²) in [5, 5.41) is 7.52. The van der Waals surface area contributed by atoms with E-state index in [9.17, 15) is 8.42 Å². The van der Waals surface area contributed by atoms with Gasteiger partial charge < -0.3 is 0 Å². The molecule has 1 atom stereocenters. The van der Waals surface area contributed by atoms with E-state index in [-0.39, 0.29) is 0 Å². The van der Waals surface area contributed by atoms with Crippen LogP contribution in [0.15, 0.2) is 22.7 Å². The summed E-state index contributed by atoms with van der Waals surface area (Å²) < 4.78 is 26.5. The van der Waals surface area contributed by atoms with Crippen molar-refractivity contribution in [1.29, 1.82) is 5.26 Å². The van der Waals surface area contributed by atoms with E-state index in [0.717, 1.165) is 10.0 Å². The quantitative estimate of drug-likeness (QED) is 0.932. The Labute approximate surface area is 103 Å². The third kappa shape index (κ3) is 2.97. The summed E-state index contributed by atoms with van der Waals surface area (Å²) in [6.07, 6.45) is 0. The number of benzene rings is 1. The van der Waals surface area contributed by atoms with E-state index in [1.165, 1.54) is 6.92 Å². The van der Waals surface area contributed by atoms with Gasteiger partial charge in [0.25, 0.3) is 0 Å². The molecule has 1 unspecified atom stereocenters. The molecule has 0 saturated heterocycles. The topological polar surface area (TPSA) is 70.0 Å². The van der Waals surface area contributed by atoms with Crippen molar-refractivity contribution >= 4 is 31.6 Å². The first kappa shape index (κ1) is 13.0.